The van der Waals surface area contributed by atoms with Crippen LogP contribution in [0.1, 0.15) is 17.4 Å². The fourth-order valence-electron chi connectivity index (χ4n) is 2.00. The van der Waals surface area contributed by atoms with Crippen LogP contribution in [-0.2, 0) is 17.9 Å². The third-order valence-electron chi connectivity index (χ3n) is 2.88. The van der Waals surface area contributed by atoms with E-state index in [1.54, 1.807) is 17.4 Å². The molecule has 4 heteroatoms. The first-order chi connectivity index (χ1) is 9.27. The summed E-state index contributed by atoms with van der Waals surface area (Å²) in [7, 11) is 1.89. The van der Waals surface area contributed by atoms with E-state index in [1.807, 2.05) is 32.2 Å². The van der Waals surface area contributed by atoms with E-state index in [4.69, 9.17) is 4.74 Å². The van der Waals surface area contributed by atoms with E-state index in [2.05, 4.69) is 5.32 Å². The molecule has 1 aromatic heterocycles. The number of hydrogen-bond acceptors (Lipinski definition) is 3. The van der Waals surface area contributed by atoms with Gasteiger partial charge in [-0.2, -0.15) is 0 Å². The van der Waals surface area contributed by atoms with Crippen molar-refractivity contribution in [2.75, 3.05) is 13.7 Å². The van der Waals surface area contributed by atoms with E-state index < -0.39 is 0 Å². The number of nitrogens with one attached hydrogen (secondary N) is 1. The maximum Gasteiger partial charge on any atom is 0.132 e. The summed E-state index contributed by atoms with van der Waals surface area (Å²) in [5.41, 5.74) is 0.969. The first-order valence-electron chi connectivity index (χ1n) is 6.30. The summed E-state index contributed by atoms with van der Waals surface area (Å²) < 4.78 is 20.6. The van der Waals surface area contributed by atoms with Gasteiger partial charge in [-0.25, -0.2) is 4.39 Å². The smallest absolute Gasteiger partial charge is 0.132 e. The van der Waals surface area contributed by atoms with Crippen molar-refractivity contribution in [3.05, 3.63) is 46.6 Å². The molecule has 102 valence electrons. The highest BCUT2D eigenvalue weighted by atomic mass is 32.1. The quantitative estimate of drug-likeness (QED) is 0.640. The lowest BCUT2D eigenvalue weighted by Gasteiger charge is -2.05. The zero-order valence-corrected chi connectivity index (χ0v) is 12.0. The maximum absolute atomic E-state index is 14.0. The van der Waals surface area contributed by atoms with E-state index in [-0.39, 0.29) is 5.82 Å². The van der Waals surface area contributed by atoms with E-state index in [1.165, 1.54) is 6.07 Å². The van der Waals surface area contributed by atoms with E-state index in [0.29, 0.717) is 18.6 Å². The van der Waals surface area contributed by atoms with Crippen LogP contribution in [0.2, 0.25) is 0 Å². The van der Waals surface area contributed by atoms with Crippen molar-refractivity contribution in [2.45, 2.75) is 20.1 Å². The Kier molecular flexibility index (Phi) is 5.07. The number of halogens is 1. The van der Waals surface area contributed by atoms with Crippen LogP contribution in [0, 0.1) is 5.82 Å². The Balaban J connectivity index is 2.33. The summed E-state index contributed by atoms with van der Waals surface area (Å²) in [6.45, 7) is 3.69. The Morgan fingerprint density at radius 2 is 2.26 bits per heavy atom. The standard InChI is InChI=1S/C15H18FNOS/c1-3-4-8-18-10-11-14(9-17-2)19-13-7-5-6-12(16)15(11)13/h3-7,17H,8-10H2,1-2H3. The van der Waals surface area contributed by atoms with E-state index in [9.17, 15) is 4.39 Å². The van der Waals surface area contributed by atoms with Gasteiger partial charge in [0.15, 0.2) is 0 Å². The van der Waals surface area contributed by atoms with Crippen molar-refractivity contribution in [2.24, 2.45) is 0 Å². The van der Waals surface area contributed by atoms with Gasteiger partial charge in [0.25, 0.3) is 0 Å². The lowest BCUT2D eigenvalue weighted by atomic mass is 10.1. The van der Waals surface area contributed by atoms with Crippen LogP contribution < -0.4 is 5.32 Å². The highest BCUT2D eigenvalue weighted by molar-refractivity contribution is 7.19. The Hall–Kier alpha value is -1.23. The van der Waals surface area contributed by atoms with Gasteiger partial charge >= 0.3 is 0 Å². The van der Waals surface area contributed by atoms with Gasteiger partial charge in [-0.05, 0) is 26.1 Å². The minimum atomic E-state index is -0.166. The molecule has 0 radical (unpaired) electrons. The Bertz CT molecular complexity index is 577. The van der Waals surface area contributed by atoms with Crippen LogP contribution in [0.4, 0.5) is 4.39 Å². The van der Waals surface area contributed by atoms with Crippen molar-refractivity contribution in [1.82, 2.24) is 5.32 Å². The van der Waals surface area contributed by atoms with Crippen molar-refractivity contribution in [3.63, 3.8) is 0 Å². The molecule has 2 aromatic rings. The molecule has 1 heterocycles. The molecule has 1 N–H and O–H groups in total. The second kappa shape index (κ2) is 6.80. The molecule has 1 aromatic carbocycles. The van der Waals surface area contributed by atoms with Crippen LogP contribution in [0.15, 0.2) is 30.4 Å². The summed E-state index contributed by atoms with van der Waals surface area (Å²) in [4.78, 5) is 1.14. The van der Waals surface area contributed by atoms with Gasteiger partial charge in [-0.1, -0.05) is 18.2 Å². The van der Waals surface area contributed by atoms with Gasteiger partial charge < -0.3 is 10.1 Å². The number of benzene rings is 1. The number of thiophene rings is 1. The number of ether oxygens (including phenoxy) is 1. The zero-order chi connectivity index (χ0) is 13.7. The van der Waals surface area contributed by atoms with Crippen LogP contribution >= 0.6 is 11.3 Å². The molecule has 19 heavy (non-hydrogen) atoms. The lowest BCUT2D eigenvalue weighted by molar-refractivity contribution is 0.149. The SMILES string of the molecule is CC=CCOCc1c(CNC)sc2cccc(F)c12. The largest absolute Gasteiger partial charge is 0.373 e. The van der Waals surface area contributed by atoms with Gasteiger partial charge in [0.1, 0.15) is 5.82 Å². The van der Waals surface area contributed by atoms with E-state index >= 15 is 0 Å². The molecular formula is C15H18FNOS. The highest BCUT2D eigenvalue weighted by Crippen LogP contribution is 2.33. The Labute approximate surface area is 116 Å². The lowest BCUT2D eigenvalue weighted by Crippen LogP contribution is -2.06. The first kappa shape index (κ1) is 14.2. The molecule has 0 fully saturated rings. The third kappa shape index (κ3) is 3.21. The molecule has 0 atom stereocenters. The molecule has 2 rings (SSSR count). The van der Waals surface area contributed by atoms with Crippen molar-refractivity contribution >= 4 is 21.4 Å². The minimum absolute atomic E-state index is 0.166. The molecule has 0 saturated carbocycles. The molecule has 0 aliphatic heterocycles. The topological polar surface area (TPSA) is 21.3 Å². The monoisotopic (exact) mass is 279 g/mol. The first-order valence-corrected chi connectivity index (χ1v) is 7.11. The molecule has 0 saturated heterocycles. The molecule has 0 bridgehead atoms. The van der Waals surface area contributed by atoms with Crippen molar-refractivity contribution in [1.29, 1.82) is 0 Å². The van der Waals surface area contributed by atoms with Crippen LogP contribution in [-0.4, -0.2) is 13.7 Å². The molecule has 0 amide bonds. The van der Waals surface area contributed by atoms with Crippen LogP contribution in [0.25, 0.3) is 10.1 Å². The number of allylic oxidation sites excluding steroid dienone is 1. The summed E-state index contributed by atoms with van der Waals surface area (Å²) in [5, 5.41) is 3.83. The fraction of sp³-hybridized carbons (Fsp3) is 0.333. The third-order valence-corrected chi connectivity index (χ3v) is 4.08. The van der Waals surface area contributed by atoms with Gasteiger partial charge in [0, 0.05) is 27.1 Å². The zero-order valence-electron chi connectivity index (χ0n) is 11.2. The van der Waals surface area contributed by atoms with Crippen molar-refractivity contribution < 1.29 is 9.13 Å². The summed E-state index contributed by atoms with van der Waals surface area (Å²) >= 11 is 1.63. The Morgan fingerprint density at radius 3 is 3.00 bits per heavy atom. The number of rotatable bonds is 6. The van der Waals surface area contributed by atoms with Gasteiger partial charge in [0.2, 0.25) is 0 Å². The predicted molar refractivity (Wildman–Crippen MR) is 79.0 cm³/mol. The highest BCUT2D eigenvalue weighted by Gasteiger charge is 2.14. The molecule has 0 aliphatic rings. The second-order valence-corrected chi connectivity index (χ2v) is 5.37. The second-order valence-electron chi connectivity index (χ2n) is 4.23. The summed E-state index contributed by atoms with van der Waals surface area (Å²) in [5.74, 6) is -0.166. The van der Waals surface area contributed by atoms with Crippen LogP contribution in [0.5, 0.6) is 0 Å². The van der Waals surface area contributed by atoms with E-state index in [0.717, 1.165) is 21.7 Å². The molecule has 0 aliphatic carbocycles. The molecule has 0 unspecified atom stereocenters. The maximum atomic E-state index is 14.0. The van der Waals surface area contributed by atoms with Gasteiger partial charge in [-0.3, -0.25) is 0 Å². The normalized spacial score (nSPS) is 11.7. The predicted octanol–water partition coefficient (Wildman–Crippen LogP) is 3.85. The summed E-state index contributed by atoms with van der Waals surface area (Å²) in [6, 6.07) is 5.22. The fourth-order valence-corrected chi connectivity index (χ4v) is 3.23. The minimum Gasteiger partial charge on any atom is -0.373 e. The summed E-state index contributed by atoms with van der Waals surface area (Å²) in [6.07, 6.45) is 3.89. The van der Waals surface area contributed by atoms with Crippen LogP contribution in [0.3, 0.4) is 0 Å². The molecular weight excluding hydrogens is 261 g/mol. The average molecular weight is 279 g/mol. The van der Waals surface area contributed by atoms with Crippen molar-refractivity contribution in [3.8, 4) is 0 Å². The number of fused-ring (bicyclic) bond motifs is 1. The average Bonchev–Trinajstić information content (AvgIpc) is 2.74. The Morgan fingerprint density at radius 1 is 1.42 bits per heavy atom. The van der Waals surface area contributed by atoms with Gasteiger partial charge in [0.05, 0.1) is 13.2 Å². The molecule has 0 spiro atoms. The molecule has 2 nitrogen and oxygen atoms in total. The number of hydrogen-bond donors (Lipinski definition) is 1. The van der Waals surface area contributed by atoms with Gasteiger partial charge in [-0.15, -0.1) is 11.3 Å².